The van der Waals surface area contributed by atoms with E-state index in [1.54, 1.807) is 0 Å². The molecule has 0 amide bonds. The maximum absolute atomic E-state index is 2.44. The second-order valence-electron chi connectivity index (χ2n) is 0.175. The van der Waals surface area contributed by atoms with E-state index in [9.17, 15) is 0 Å². The molecule has 0 aliphatic carbocycles. The molecule has 0 rings (SSSR count). The second-order valence-corrected chi connectivity index (χ2v) is 40.9. The molecular formula is I3Se+. The van der Waals surface area contributed by atoms with E-state index in [1.165, 1.54) is 0 Å². The number of hydrogen-bond donors (Lipinski definition) is 0. The zero-order valence-electron chi connectivity index (χ0n) is 1.54. The predicted molar refractivity (Wildman–Crippen MR) is 47.8 cm³/mol. The number of rotatable bonds is 0. The molecule has 0 spiro atoms. The van der Waals surface area contributed by atoms with Gasteiger partial charge in [0.1, 0.15) is 0 Å². The van der Waals surface area contributed by atoms with Gasteiger partial charge in [0.2, 0.25) is 0 Å². The van der Waals surface area contributed by atoms with E-state index >= 15 is 0 Å². The third kappa shape index (κ3) is 8.83. The van der Waals surface area contributed by atoms with Crippen molar-refractivity contribution >= 4 is 65.2 Å². The molecular weight excluding hydrogens is 460 g/mol. The number of halogens is 3. The normalized spacial score (nSPS) is 9.00. The summed E-state index contributed by atoms with van der Waals surface area (Å²) in [7, 11) is 0. The van der Waals surface area contributed by atoms with Crippen LogP contribution in [0.2, 0.25) is 0 Å². The molecule has 0 saturated carbocycles. The monoisotopic (exact) mass is 461 g/mol. The van der Waals surface area contributed by atoms with E-state index in [0.717, 1.165) is 0 Å². The van der Waals surface area contributed by atoms with Crippen LogP contribution in [-0.4, -0.2) is 4.15 Å². The van der Waals surface area contributed by atoms with E-state index in [2.05, 4.69) is 61.0 Å². The van der Waals surface area contributed by atoms with Crippen LogP contribution in [0.5, 0.6) is 0 Å². The second kappa shape index (κ2) is 3.88. The van der Waals surface area contributed by atoms with Crippen LogP contribution >= 0.6 is 61.0 Å². The van der Waals surface area contributed by atoms with E-state index < -0.39 is 0 Å². The summed E-state index contributed by atoms with van der Waals surface area (Å²) in [6.45, 7) is 0. The van der Waals surface area contributed by atoms with Crippen LogP contribution in [0.15, 0.2) is 0 Å². The van der Waals surface area contributed by atoms with Crippen molar-refractivity contribution in [3.05, 3.63) is 0 Å². The molecule has 0 aromatic rings. The molecule has 0 aromatic carbocycles. The Kier molecular flexibility index (Phi) is 6.52. The number of hydrogen-bond acceptors (Lipinski definition) is 0. The first-order valence-electron chi connectivity index (χ1n) is 0.463. The minimum absolute atomic E-state index is 0.132. The zero-order valence-corrected chi connectivity index (χ0v) is 9.73. The molecule has 0 fully saturated rings. The van der Waals surface area contributed by atoms with Crippen molar-refractivity contribution in [1.82, 2.24) is 0 Å². The van der Waals surface area contributed by atoms with Crippen molar-refractivity contribution in [3.8, 4) is 0 Å². The first-order chi connectivity index (χ1) is 1.73. The Morgan fingerprint density at radius 2 is 1.00 bits per heavy atom. The van der Waals surface area contributed by atoms with E-state index in [1.807, 2.05) is 0 Å². The van der Waals surface area contributed by atoms with Crippen molar-refractivity contribution in [1.29, 1.82) is 0 Å². The van der Waals surface area contributed by atoms with E-state index in [-0.39, 0.29) is 4.15 Å². The molecule has 0 radical (unpaired) electrons. The standard InChI is InChI=1S/I3Se/c1-4(2)3/q+1. The fourth-order valence-corrected chi connectivity index (χ4v) is 0. The molecule has 0 N–H and O–H groups in total. The first-order valence-corrected chi connectivity index (χ1v) is 16.1. The molecule has 0 heterocycles. The fraction of sp³-hybridized carbons (Fsp3) is 0. The fourth-order valence-electron chi connectivity index (χ4n) is 0. The summed E-state index contributed by atoms with van der Waals surface area (Å²) >= 11 is 7.33. The quantitative estimate of drug-likeness (QED) is 0.385. The summed E-state index contributed by atoms with van der Waals surface area (Å²) in [5, 5.41) is 0. The predicted octanol–water partition coefficient (Wildman–Crippen LogP) is 2.28. The van der Waals surface area contributed by atoms with Crippen molar-refractivity contribution in [3.63, 3.8) is 0 Å². The Morgan fingerprint density at radius 1 is 1.00 bits per heavy atom. The molecule has 0 bridgehead atoms. The van der Waals surface area contributed by atoms with Gasteiger partial charge in [-0.1, -0.05) is 0 Å². The summed E-state index contributed by atoms with van der Waals surface area (Å²) in [6.07, 6.45) is 0. The summed E-state index contributed by atoms with van der Waals surface area (Å²) < 4.78 is -0.132. The van der Waals surface area contributed by atoms with Gasteiger partial charge in [0, 0.05) is 0 Å². The van der Waals surface area contributed by atoms with Gasteiger partial charge in [-0.15, -0.1) is 0 Å². The summed E-state index contributed by atoms with van der Waals surface area (Å²) in [6, 6.07) is 0. The molecule has 4 heteroatoms. The topological polar surface area (TPSA) is 0 Å². The minimum atomic E-state index is -0.132. The van der Waals surface area contributed by atoms with Gasteiger partial charge in [-0.05, 0) is 0 Å². The van der Waals surface area contributed by atoms with Crippen LogP contribution < -0.4 is 0 Å². The molecule has 0 atom stereocenters. The van der Waals surface area contributed by atoms with Crippen LogP contribution in [0.3, 0.4) is 0 Å². The van der Waals surface area contributed by atoms with Gasteiger partial charge in [-0.2, -0.15) is 0 Å². The van der Waals surface area contributed by atoms with Crippen LogP contribution in [-0.2, 0) is 0 Å². The van der Waals surface area contributed by atoms with Crippen molar-refractivity contribution in [2.24, 2.45) is 0 Å². The molecule has 4 heavy (non-hydrogen) atoms. The summed E-state index contributed by atoms with van der Waals surface area (Å²) in [4.78, 5) is 0. The molecule has 0 nitrogen and oxygen atoms in total. The van der Waals surface area contributed by atoms with Crippen molar-refractivity contribution < 1.29 is 0 Å². The zero-order chi connectivity index (χ0) is 3.58. The average molecular weight is 460 g/mol. The molecule has 0 aliphatic heterocycles. The van der Waals surface area contributed by atoms with Crippen molar-refractivity contribution in [2.75, 3.05) is 0 Å². The Balaban J connectivity index is 2.32. The maximum atomic E-state index is 2.44. The third-order valence-electron chi connectivity index (χ3n) is 0. The van der Waals surface area contributed by atoms with E-state index in [4.69, 9.17) is 0 Å². The average Bonchev–Trinajstić information content (AvgIpc) is 0.811. The molecule has 0 unspecified atom stereocenters. The molecule has 26 valence electrons. The van der Waals surface area contributed by atoms with E-state index in [0.29, 0.717) is 0 Å². The third-order valence-corrected chi connectivity index (χ3v) is 0. The molecule has 0 aromatic heterocycles. The Labute approximate surface area is 63.6 Å². The van der Waals surface area contributed by atoms with Crippen LogP contribution in [0.4, 0.5) is 0 Å². The Bertz CT molecular complexity index is 8.00. The molecule has 0 aliphatic rings. The Morgan fingerprint density at radius 3 is 1.00 bits per heavy atom. The van der Waals surface area contributed by atoms with Gasteiger partial charge in [0.15, 0.2) is 0 Å². The summed E-state index contributed by atoms with van der Waals surface area (Å²) in [5.41, 5.74) is 0. The van der Waals surface area contributed by atoms with Gasteiger partial charge in [0.05, 0.1) is 0 Å². The van der Waals surface area contributed by atoms with Gasteiger partial charge >= 0.3 is 65.2 Å². The van der Waals surface area contributed by atoms with Gasteiger partial charge in [0.25, 0.3) is 0 Å². The Hall–Kier alpha value is 2.71. The van der Waals surface area contributed by atoms with Crippen molar-refractivity contribution in [2.45, 2.75) is 0 Å². The van der Waals surface area contributed by atoms with Gasteiger partial charge < -0.3 is 0 Å². The van der Waals surface area contributed by atoms with Gasteiger partial charge in [-0.25, -0.2) is 0 Å². The summed E-state index contributed by atoms with van der Waals surface area (Å²) in [5.74, 6) is 0. The SMILES string of the molecule is I[Se+](I)I. The first kappa shape index (κ1) is 6.71. The van der Waals surface area contributed by atoms with Crippen LogP contribution in [0.1, 0.15) is 0 Å². The molecule has 0 saturated heterocycles. The van der Waals surface area contributed by atoms with Crippen LogP contribution in [0, 0.1) is 0 Å². The van der Waals surface area contributed by atoms with Gasteiger partial charge in [-0.3, -0.25) is 0 Å². The van der Waals surface area contributed by atoms with Crippen LogP contribution in [0.25, 0.3) is 0 Å².